The second kappa shape index (κ2) is 2.77. The summed E-state index contributed by atoms with van der Waals surface area (Å²) in [5.41, 5.74) is 2.11. The van der Waals surface area contributed by atoms with E-state index in [4.69, 9.17) is 0 Å². The molecule has 0 fully saturated rings. The van der Waals surface area contributed by atoms with Gasteiger partial charge in [0.15, 0.2) is 0 Å². The lowest BCUT2D eigenvalue weighted by atomic mass is 9.96. The maximum Gasteiger partial charge on any atom is 0.260 e. The van der Waals surface area contributed by atoms with Gasteiger partial charge < -0.3 is 4.72 Å². The fraction of sp³-hybridized carbons (Fsp3) is 0.571. The molecule has 0 spiro atoms. The first-order chi connectivity index (χ1) is 5.38. The van der Waals surface area contributed by atoms with Gasteiger partial charge in [-0.2, -0.15) is 0 Å². The molecule has 0 aromatic rings. The largest absolute Gasteiger partial charge is 0.315 e. The normalized spacial score (nSPS) is 23.8. The molecule has 0 aromatic heterocycles. The van der Waals surface area contributed by atoms with Gasteiger partial charge in [0.25, 0.3) is 5.91 Å². The highest BCUT2D eigenvalue weighted by atomic mass is 32.2. The van der Waals surface area contributed by atoms with E-state index >= 15 is 0 Å². The van der Waals surface area contributed by atoms with Crippen LogP contribution in [-0.2, 0) is 4.79 Å². The highest BCUT2D eigenvalue weighted by molar-refractivity contribution is 7.96. The second-order valence-corrected chi connectivity index (χ2v) is 3.41. The Balaban J connectivity index is 2.27. The number of hydrogen-bond donors (Lipinski definition) is 2. The van der Waals surface area contributed by atoms with Gasteiger partial charge in [-0.1, -0.05) is 0 Å². The lowest BCUT2D eigenvalue weighted by Gasteiger charge is -2.24. The SMILES string of the molecule is O=C1NSNC2=C1CCCC2. The molecule has 2 rings (SSSR count). The molecule has 11 heavy (non-hydrogen) atoms. The van der Waals surface area contributed by atoms with E-state index in [9.17, 15) is 4.79 Å². The molecule has 0 aromatic carbocycles. The van der Waals surface area contributed by atoms with Gasteiger partial charge >= 0.3 is 0 Å². The Morgan fingerprint density at radius 3 is 2.82 bits per heavy atom. The van der Waals surface area contributed by atoms with E-state index in [1.807, 2.05) is 0 Å². The molecule has 0 atom stereocenters. The van der Waals surface area contributed by atoms with Crippen LogP contribution >= 0.6 is 12.1 Å². The van der Waals surface area contributed by atoms with Gasteiger partial charge in [0.1, 0.15) is 0 Å². The van der Waals surface area contributed by atoms with Gasteiger partial charge in [0.2, 0.25) is 0 Å². The van der Waals surface area contributed by atoms with Crippen LogP contribution in [0.5, 0.6) is 0 Å². The van der Waals surface area contributed by atoms with E-state index in [1.165, 1.54) is 18.6 Å². The fourth-order valence-corrected chi connectivity index (χ4v) is 2.08. The van der Waals surface area contributed by atoms with Crippen LogP contribution in [0.15, 0.2) is 11.3 Å². The van der Waals surface area contributed by atoms with Crippen molar-refractivity contribution in [2.45, 2.75) is 25.7 Å². The summed E-state index contributed by atoms with van der Waals surface area (Å²) in [5, 5.41) is 0. The Morgan fingerprint density at radius 1 is 1.18 bits per heavy atom. The quantitative estimate of drug-likeness (QED) is 0.535. The number of nitrogens with one attached hydrogen (secondary N) is 2. The minimum atomic E-state index is 0.100. The number of carbonyl (C=O) groups is 1. The van der Waals surface area contributed by atoms with Gasteiger partial charge in [0, 0.05) is 11.3 Å². The Bertz CT molecular complexity index is 220. The average Bonchev–Trinajstić information content (AvgIpc) is 2.06. The molecule has 4 heteroatoms. The minimum absolute atomic E-state index is 0.100. The molecular formula is C7H10N2OS. The maximum absolute atomic E-state index is 11.2. The molecule has 1 aliphatic heterocycles. The lowest BCUT2D eigenvalue weighted by molar-refractivity contribution is -0.116. The van der Waals surface area contributed by atoms with Crippen molar-refractivity contribution in [3.05, 3.63) is 11.3 Å². The van der Waals surface area contributed by atoms with Crippen molar-refractivity contribution >= 4 is 18.0 Å². The standard InChI is InChI=1S/C7H10N2OS/c10-7-5-3-1-2-4-6(5)8-11-9-7/h8H,1-4H2,(H,9,10). The first-order valence-corrected chi connectivity index (χ1v) is 4.64. The van der Waals surface area contributed by atoms with Crippen LogP contribution in [0.4, 0.5) is 0 Å². The van der Waals surface area contributed by atoms with E-state index in [1.54, 1.807) is 0 Å². The number of allylic oxidation sites excluding steroid dienone is 1. The smallest absolute Gasteiger partial charge is 0.260 e. The van der Waals surface area contributed by atoms with Crippen LogP contribution in [0, 0.1) is 0 Å². The first kappa shape index (κ1) is 7.03. The Labute approximate surface area is 69.9 Å². The van der Waals surface area contributed by atoms with E-state index in [2.05, 4.69) is 9.44 Å². The van der Waals surface area contributed by atoms with Crippen molar-refractivity contribution in [3.63, 3.8) is 0 Å². The van der Waals surface area contributed by atoms with Crippen molar-refractivity contribution < 1.29 is 4.79 Å². The monoisotopic (exact) mass is 170 g/mol. The second-order valence-electron chi connectivity index (χ2n) is 2.80. The molecule has 60 valence electrons. The lowest BCUT2D eigenvalue weighted by Crippen LogP contribution is -2.32. The fourth-order valence-electron chi connectivity index (χ4n) is 1.46. The van der Waals surface area contributed by atoms with Crippen molar-refractivity contribution in [2.75, 3.05) is 0 Å². The molecule has 2 aliphatic rings. The van der Waals surface area contributed by atoms with Crippen molar-refractivity contribution in [2.24, 2.45) is 0 Å². The zero-order chi connectivity index (χ0) is 7.68. The van der Waals surface area contributed by atoms with Crippen LogP contribution in [0.25, 0.3) is 0 Å². The highest BCUT2D eigenvalue weighted by Gasteiger charge is 2.22. The summed E-state index contributed by atoms with van der Waals surface area (Å²) >= 11 is 1.28. The molecule has 3 nitrogen and oxygen atoms in total. The summed E-state index contributed by atoms with van der Waals surface area (Å²) in [6.07, 6.45) is 4.34. The van der Waals surface area contributed by atoms with E-state index in [0.717, 1.165) is 30.5 Å². The molecule has 2 N–H and O–H groups in total. The van der Waals surface area contributed by atoms with Crippen molar-refractivity contribution in [3.8, 4) is 0 Å². The molecule has 0 bridgehead atoms. The Kier molecular flexibility index (Phi) is 1.77. The molecule has 1 aliphatic carbocycles. The van der Waals surface area contributed by atoms with E-state index in [0.29, 0.717) is 0 Å². The van der Waals surface area contributed by atoms with E-state index < -0.39 is 0 Å². The third-order valence-corrected chi connectivity index (χ3v) is 2.70. The van der Waals surface area contributed by atoms with Crippen molar-refractivity contribution in [1.29, 1.82) is 0 Å². The van der Waals surface area contributed by atoms with Gasteiger partial charge in [-0.05, 0) is 25.7 Å². The molecular weight excluding hydrogens is 160 g/mol. The number of hydrogen-bond acceptors (Lipinski definition) is 3. The van der Waals surface area contributed by atoms with Gasteiger partial charge in [-0.15, -0.1) is 0 Å². The molecule has 0 saturated heterocycles. The summed E-state index contributed by atoms with van der Waals surface area (Å²) in [6.45, 7) is 0. The number of amides is 1. The number of rotatable bonds is 0. The van der Waals surface area contributed by atoms with Crippen LogP contribution in [-0.4, -0.2) is 5.91 Å². The van der Waals surface area contributed by atoms with Crippen LogP contribution in [0.2, 0.25) is 0 Å². The molecule has 1 heterocycles. The Morgan fingerprint density at radius 2 is 2.00 bits per heavy atom. The third kappa shape index (κ3) is 1.22. The highest BCUT2D eigenvalue weighted by Crippen LogP contribution is 2.26. The Hall–Kier alpha value is -0.640. The molecule has 0 saturated carbocycles. The van der Waals surface area contributed by atoms with Gasteiger partial charge in [-0.3, -0.25) is 9.52 Å². The molecule has 0 radical (unpaired) electrons. The molecule has 0 unspecified atom stereocenters. The molecule has 1 amide bonds. The predicted molar refractivity (Wildman–Crippen MR) is 44.4 cm³/mol. The maximum atomic E-state index is 11.2. The zero-order valence-electron chi connectivity index (χ0n) is 6.14. The van der Waals surface area contributed by atoms with E-state index in [-0.39, 0.29) is 5.91 Å². The number of carbonyl (C=O) groups excluding carboxylic acids is 1. The summed E-state index contributed by atoms with van der Waals surface area (Å²) in [5.74, 6) is 0.100. The summed E-state index contributed by atoms with van der Waals surface area (Å²) < 4.78 is 5.81. The topological polar surface area (TPSA) is 41.1 Å². The van der Waals surface area contributed by atoms with Crippen LogP contribution < -0.4 is 9.44 Å². The summed E-state index contributed by atoms with van der Waals surface area (Å²) in [6, 6.07) is 0. The van der Waals surface area contributed by atoms with Crippen LogP contribution in [0.1, 0.15) is 25.7 Å². The van der Waals surface area contributed by atoms with Crippen molar-refractivity contribution in [1.82, 2.24) is 9.44 Å². The first-order valence-electron chi connectivity index (χ1n) is 3.82. The third-order valence-electron chi connectivity index (χ3n) is 2.06. The zero-order valence-corrected chi connectivity index (χ0v) is 6.96. The van der Waals surface area contributed by atoms with Crippen LogP contribution in [0.3, 0.4) is 0 Å². The summed E-state index contributed by atoms with van der Waals surface area (Å²) in [4.78, 5) is 11.2. The van der Waals surface area contributed by atoms with Gasteiger partial charge in [0.05, 0.1) is 12.1 Å². The average molecular weight is 170 g/mol. The minimum Gasteiger partial charge on any atom is -0.315 e. The summed E-state index contributed by atoms with van der Waals surface area (Å²) in [7, 11) is 0. The van der Waals surface area contributed by atoms with Gasteiger partial charge in [-0.25, -0.2) is 0 Å². The predicted octanol–water partition coefficient (Wildman–Crippen LogP) is 1.10.